The summed E-state index contributed by atoms with van der Waals surface area (Å²) in [6.45, 7) is 0. The van der Waals surface area contributed by atoms with Crippen LogP contribution in [0.3, 0.4) is 0 Å². The summed E-state index contributed by atoms with van der Waals surface area (Å²) in [5, 5.41) is 11.3. The van der Waals surface area contributed by atoms with Crippen LogP contribution in [0.15, 0.2) is 18.2 Å². The van der Waals surface area contributed by atoms with Gasteiger partial charge in [0.15, 0.2) is 0 Å². The highest BCUT2D eigenvalue weighted by Crippen LogP contribution is 2.37. The smallest absolute Gasteiger partial charge is 0.272 e. The molecule has 1 aliphatic carbocycles. The molecule has 86 valence electrons. The largest absolute Gasteiger partial charge is 0.325 e. The first-order valence-electron chi connectivity index (χ1n) is 5.22. The maximum atomic E-state index is 10.8. The highest BCUT2D eigenvalue weighted by Gasteiger charge is 2.37. The molecule has 1 saturated carbocycles. The van der Waals surface area contributed by atoms with Crippen LogP contribution in [0.1, 0.15) is 24.8 Å². The summed E-state index contributed by atoms with van der Waals surface area (Å²) in [5.74, 6) is 0. The van der Waals surface area contributed by atoms with Gasteiger partial charge in [0.25, 0.3) is 5.69 Å². The van der Waals surface area contributed by atoms with Gasteiger partial charge in [0.2, 0.25) is 0 Å². The summed E-state index contributed by atoms with van der Waals surface area (Å²) in [4.78, 5) is 10.4. The van der Waals surface area contributed by atoms with E-state index in [0.29, 0.717) is 17.0 Å². The lowest BCUT2D eigenvalue weighted by molar-refractivity contribution is -0.385. The van der Waals surface area contributed by atoms with Gasteiger partial charge in [-0.15, -0.1) is 0 Å². The summed E-state index contributed by atoms with van der Waals surface area (Å²) in [6, 6.07) is 4.65. The average molecular weight is 241 g/mol. The van der Waals surface area contributed by atoms with Crippen molar-refractivity contribution in [1.82, 2.24) is 0 Å². The Kier molecular flexibility index (Phi) is 2.86. The molecule has 0 aromatic heterocycles. The van der Waals surface area contributed by atoms with Crippen LogP contribution < -0.4 is 5.73 Å². The standard InChI is InChI=1S/C11H13ClN2O2/c12-9-1-2-10(14(15)16)8(7-9)3-4-11(13)5-6-11/h1-2,7H,3-6,13H2. The van der Waals surface area contributed by atoms with Gasteiger partial charge in [-0.3, -0.25) is 10.1 Å². The third kappa shape index (κ3) is 2.51. The molecule has 1 aromatic rings. The maximum Gasteiger partial charge on any atom is 0.272 e. The van der Waals surface area contributed by atoms with Crippen molar-refractivity contribution in [2.24, 2.45) is 5.73 Å². The fourth-order valence-electron chi connectivity index (χ4n) is 1.73. The van der Waals surface area contributed by atoms with Crippen molar-refractivity contribution >= 4 is 17.3 Å². The van der Waals surface area contributed by atoms with Gasteiger partial charge in [0.05, 0.1) is 4.92 Å². The van der Waals surface area contributed by atoms with Crippen molar-refractivity contribution in [3.63, 3.8) is 0 Å². The highest BCUT2D eigenvalue weighted by atomic mass is 35.5. The molecule has 1 aromatic carbocycles. The lowest BCUT2D eigenvalue weighted by Gasteiger charge is -2.08. The Morgan fingerprint density at radius 3 is 2.75 bits per heavy atom. The molecule has 0 radical (unpaired) electrons. The van der Waals surface area contributed by atoms with Gasteiger partial charge in [-0.25, -0.2) is 0 Å². The molecule has 0 aliphatic heterocycles. The summed E-state index contributed by atoms with van der Waals surface area (Å²) in [6.07, 6.45) is 3.43. The second kappa shape index (κ2) is 4.03. The lowest BCUT2D eigenvalue weighted by atomic mass is 10.0. The van der Waals surface area contributed by atoms with E-state index in [0.717, 1.165) is 19.3 Å². The molecular weight excluding hydrogens is 228 g/mol. The molecule has 2 rings (SSSR count). The molecule has 0 saturated heterocycles. The number of aryl methyl sites for hydroxylation is 1. The normalized spacial score (nSPS) is 17.1. The zero-order valence-corrected chi connectivity index (χ0v) is 9.54. The Hall–Kier alpha value is -1.13. The fourth-order valence-corrected chi connectivity index (χ4v) is 1.92. The molecule has 1 fully saturated rings. The number of nitro benzene ring substituents is 1. The van der Waals surface area contributed by atoms with Crippen molar-refractivity contribution in [2.45, 2.75) is 31.2 Å². The molecule has 0 bridgehead atoms. The molecule has 0 atom stereocenters. The van der Waals surface area contributed by atoms with Crippen LogP contribution in [0.25, 0.3) is 0 Å². The summed E-state index contributed by atoms with van der Waals surface area (Å²) in [7, 11) is 0. The zero-order valence-electron chi connectivity index (χ0n) is 8.78. The van der Waals surface area contributed by atoms with Crippen LogP contribution in [-0.4, -0.2) is 10.5 Å². The fraction of sp³-hybridized carbons (Fsp3) is 0.455. The second-order valence-electron chi connectivity index (χ2n) is 4.39. The SMILES string of the molecule is NC1(CCc2cc(Cl)ccc2[N+](=O)[O-])CC1. The van der Waals surface area contributed by atoms with Crippen LogP contribution in [0.2, 0.25) is 5.02 Å². The van der Waals surface area contributed by atoms with E-state index in [1.807, 2.05) is 0 Å². The summed E-state index contributed by atoms with van der Waals surface area (Å²) < 4.78 is 0. The maximum absolute atomic E-state index is 10.8. The lowest BCUT2D eigenvalue weighted by Crippen LogP contribution is -2.22. The molecule has 0 amide bonds. The van der Waals surface area contributed by atoms with Crippen molar-refractivity contribution in [3.8, 4) is 0 Å². The van der Waals surface area contributed by atoms with Gasteiger partial charge in [-0.2, -0.15) is 0 Å². The van der Waals surface area contributed by atoms with Gasteiger partial charge in [-0.1, -0.05) is 11.6 Å². The molecule has 0 unspecified atom stereocenters. The Morgan fingerprint density at radius 1 is 1.50 bits per heavy atom. The van der Waals surface area contributed by atoms with Crippen LogP contribution in [0, 0.1) is 10.1 Å². The molecule has 2 N–H and O–H groups in total. The van der Waals surface area contributed by atoms with Crippen molar-refractivity contribution in [1.29, 1.82) is 0 Å². The molecule has 0 heterocycles. The van der Waals surface area contributed by atoms with E-state index >= 15 is 0 Å². The molecule has 16 heavy (non-hydrogen) atoms. The Balaban J connectivity index is 2.16. The number of halogens is 1. The first-order chi connectivity index (χ1) is 7.50. The second-order valence-corrected chi connectivity index (χ2v) is 4.83. The van der Waals surface area contributed by atoms with E-state index in [1.165, 1.54) is 6.07 Å². The number of hydrogen-bond acceptors (Lipinski definition) is 3. The number of nitrogens with two attached hydrogens (primary N) is 1. The Morgan fingerprint density at radius 2 is 2.19 bits per heavy atom. The number of nitrogens with zero attached hydrogens (tertiary/aromatic N) is 1. The average Bonchev–Trinajstić information content (AvgIpc) is 2.94. The minimum atomic E-state index is -0.373. The first kappa shape index (κ1) is 11.4. The molecule has 0 spiro atoms. The number of benzene rings is 1. The van der Waals surface area contributed by atoms with E-state index in [9.17, 15) is 10.1 Å². The van der Waals surface area contributed by atoms with Crippen LogP contribution in [-0.2, 0) is 6.42 Å². The third-order valence-corrected chi connectivity index (χ3v) is 3.26. The van der Waals surface area contributed by atoms with Gasteiger partial charge in [0, 0.05) is 22.2 Å². The van der Waals surface area contributed by atoms with E-state index in [2.05, 4.69) is 0 Å². The van der Waals surface area contributed by atoms with Crippen molar-refractivity contribution in [3.05, 3.63) is 38.9 Å². The monoisotopic (exact) mass is 240 g/mol. The van der Waals surface area contributed by atoms with Gasteiger partial charge >= 0.3 is 0 Å². The number of rotatable bonds is 4. The quantitative estimate of drug-likeness (QED) is 0.650. The Labute approximate surface area is 98.5 Å². The number of hydrogen-bond donors (Lipinski definition) is 1. The summed E-state index contributed by atoms with van der Waals surface area (Å²) in [5.41, 5.74) is 6.68. The summed E-state index contributed by atoms with van der Waals surface area (Å²) >= 11 is 5.83. The first-order valence-corrected chi connectivity index (χ1v) is 5.60. The van der Waals surface area contributed by atoms with E-state index in [-0.39, 0.29) is 16.1 Å². The van der Waals surface area contributed by atoms with Gasteiger partial charge in [0.1, 0.15) is 0 Å². The van der Waals surface area contributed by atoms with Crippen LogP contribution in [0.4, 0.5) is 5.69 Å². The third-order valence-electron chi connectivity index (χ3n) is 3.02. The van der Waals surface area contributed by atoms with E-state index in [1.54, 1.807) is 12.1 Å². The zero-order chi connectivity index (χ0) is 11.8. The van der Waals surface area contributed by atoms with Crippen LogP contribution >= 0.6 is 11.6 Å². The number of nitro groups is 1. The predicted molar refractivity (Wildman–Crippen MR) is 62.6 cm³/mol. The van der Waals surface area contributed by atoms with Gasteiger partial charge < -0.3 is 5.73 Å². The molecule has 5 heteroatoms. The van der Waals surface area contributed by atoms with Crippen molar-refractivity contribution in [2.75, 3.05) is 0 Å². The van der Waals surface area contributed by atoms with E-state index in [4.69, 9.17) is 17.3 Å². The highest BCUT2D eigenvalue weighted by molar-refractivity contribution is 6.30. The molecule has 4 nitrogen and oxygen atoms in total. The van der Waals surface area contributed by atoms with Crippen LogP contribution in [0.5, 0.6) is 0 Å². The minimum absolute atomic E-state index is 0.0871. The topological polar surface area (TPSA) is 69.2 Å². The van der Waals surface area contributed by atoms with E-state index < -0.39 is 0 Å². The predicted octanol–water partition coefficient (Wildman–Crippen LogP) is 2.67. The van der Waals surface area contributed by atoms with Gasteiger partial charge in [-0.05, 0) is 37.8 Å². The van der Waals surface area contributed by atoms with Crippen molar-refractivity contribution < 1.29 is 4.92 Å². The molecule has 1 aliphatic rings. The Bertz CT molecular complexity index is 430. The minimum Gasteiger partial charge on any atom is -0.325 e. The molecular formula is C11H13ClN2O2.